The summed E-state index contributed by atoms with van der Waals surface area (Å²) in [7, 11) is 1.94. The van der Waals surface area contributed by atoms with E-state index in [4.69, 9.17) is 4.74 Å². The summed E-state index contributed by atoms with van der Waals surface area (Å²) in [5.74, 6) is 1.73. The lowest BCUT2D eigenvalue weighted by atomic mass is 10.2. The van der Waals surface area contributed by atoms with Crippen LogP contribution in [-0.4, -0.2) is 48.2 Å². The van der Waals surface area contributed by atoms with Crippen molar-refractivity contribution in [3.63, 3.8) is 0 Å². The van der Waals surface area contributed by atoms with Crippen LogP contribution in [-0.2, 0) is 7.05 Å². The highest BCUT2D eigenvalue weighted by atomic mass is 19.4. The van der Waals surface area contributed by atoms with E-state index in [1.54, 1.807) is 6.33 Å². The molecule has 4 heterocycles. The predicted molar refractivity (Wildman–Crippen MR) is 137 cm³/mol. The molecular formula is C26H23F3N8O. The van der Waals surface area contributed by atoms with Gasteiger partial charge in [-0.25, -0.2) is 24.9 Å². The summed E-state index contributed by atoms with van der Waals surface area (Å²) in [5, 5.41) is 3.21. The number of anilines is 3. The highest BCUT2D eigenvalue weighted by molar-refractivity contribution is 5.87. The summed E-state index contributed by atoms with van der Waals surface area (Å²) >= 11 is 0. The van der Waals surface area contributed by atoms with Crippen LogP contribution in [0.2, 0.25) is 0 Å². The molecule has 1 fully saturated rings. The van der Waals surface area contributed by atoms with Gasteiger partial charge in [-0.2, -0.15) is 13.2 Å². The average Bonchev–Trinajstić information content (AvgIpc) is 3.53. The summed E-state index contributed by atoms with van der Waals surface area (Å²) < 4.78 is 48.6. The zero-order valence-electron chi connectivity index (χ0n) is 20.6. The van der Waals surface area contributed by atoms with Crippen LogP contribution in [0.3, 0.4) is 0 Å². The van der Waals surface area contributed by atoms with Gasteiger partial charge in [-0.1, -0.05) is 0 Å². The largest absolute Gasteiger partial charge is 0.457 e. The van der Waals surface area contributed by atoms with E-state index in [1.165, 1.54) is 17.4 Å². The van der Waals surface area contributed by atoms with Crippen molar-refractivity contribution in [2.24, 2.45) is 7.05 Å². The first-order valence-electron chi connectivity index (χ1n) is 12.0. The SMILES string of the molecule is Cc1cc(Nc2ncnc3cnc(N4CCC[C@H]4C(F)(F)F)nc23)ccc1Oc1ccc2c(c1)ncn2C. The van der Waals surface area contributed by atoms with E-state index >= 15 is 0 Å². The second-order valence-corrected chi connectivity index (χ2v) is 9.23. The molecule has 0 aliphatic carbocycles. The van der Waals surface area contributed by atoms with E-state index in [1.807, 2.05) is 54.9 Å². The number of rotatable bonds is 5. The fourth-order valence-electron chi connectivity index (χ4n) is 4.71. The lowest BCUT2D eigenvalue weighted by Gasteiger charge is -2.26. The minimum absolute atomic E-state index is 0.0139. The number of halogens is 3. The number of nitrogens with zero attached hydrogens (tertiary/aromatic N) is 7. The molecule has 12 heteroatoms. The Morgan fingerprint density at radius 1 is 1.03 bits per heavy atom. The molecule has 5 aromatic rings. The maximum Gasteiger partial charge on any atom is 0.408 e. The number of aryl methyl sites for hydroxylation is 2. The molecule has 1 aliphatic heterocycles. The molecule has 2 aromatic carbocycles. The fourth-order valence-corrected chi connectivity index (χ4v) is 4.71. The van der Waals surface area contributed by atoms with Crippen molar-refractivity contribution in [3.05, 3.63) is 60.8 Å². The monoisotopic (exact) mass is 520 g/mol. The van der Waals surface area contributed by atoms with E-state index < -0.39 is 12.2 Å². The first-order chi connectivity index (χ1) is 18.3. The molecule has 1 N–H and O–H groups in total. The highest BCUT2D eigenvalue weighted by Crippen LogP contribution is 2.36. The summed E-state index contributed by atoms with van der Waals surface area (Å²) in [4.78, 5) is 22.6. The van der Waals surface area contributed by atoms with Gasteiger partial charge in [-0.15, -0.1) is 0 Å². The third kappa shape index (κ3) is 4.42. The van der Waals surface area contributed by atoms with Crippen molar-refractivity contribution >= 4 is 39.5 Å². The Labute approximate surface area is 215 Å². The normalized spacial score (nSPS) is 15.9. The number of hydrogen-bond donors (Lipinski definition) is 1. The van der Waals surface area contributed by atoms with Crippen molar-refractivity contribution in [3.8, 4) is 11.5 Å². The van der Waals surface area contributed by atoms with Crippen LogP contribution in [0.15, 0.2) is 55.2 Å². The maximum atomic E-state index is 13.5. The zero-order chi connectivity index (χ0) is 26.4. The minimum atomic E-state index is -4.35. The molecule has 0 radical (unpaired) electrons. The van der Waals surface area contributed by atoms with Gasteiger partial charge in [0, 0.05) is 25.3 Å². The van der Waals surface area contributed by atoms with Gasteiger partial charge in [0.15, 0.2) is 5.82 Å². The molecule has 1 saturated heterocycles. The Morgan fingerprint density at radius 2 is 1.89 bits per heavy atom. The Morgan fingerprint density at radius 3 is 2.71 bits per heavy atom. The lowest BCUT2D eigenvalue weighted by molar-refractivity contribution is -0.146. The van der Waals surface area contributed by atoms with Gasteiger partial charge < -0.3 is 19.5 Å². The Hall–Kier alpha value is -4.48. The number of ether oxygens (including phenoxy) is 1. The molecule has 0 saturated carbocycles. The van der Waals surface area contributed by atoms with E-state index in [2.05, 4.69) is 30.2 Å². The van der Waals surface area contributed by atoms with E-state index in [0.29, 0.717) is 40.5 Å². The van der Waals surface area contributed by atoms with Crippen molar-refractivity contribution in [2.75, 3.05) is 16.8 Å². The molecule has 6 rings (SSSR count). The first kappa shape index (κ1) is 23.9. The fraction of sp³-hybridized carbons (Fsp3) is 0.269. The molecule has 1 aliphatic rings. The van der Waals surface area contributed by atoms with Crippen LogP contribution >= 0.6 is 0 Å². The third-order valence-electron chi connectivity index (χ3n) is 6.61. The Balaban J connectivity index is 1.26. The first-order valence-corrected chi connectivity index (χ1v) is 12.0. The van der Waals surface area contributed by atoms with Crippen molar-refractivity contribution in [1.82, 2.24) is 29.5 Å². The van der Waals surface area contributed by atoms with Gasteiger partial charge in [-0.3, -0.25) is 0 Å². The van der Waals surface area contributed by atoms with Crippen LogP contribution in [0, 0.1) is 6.92 Å². The smallest absolute Gasteiger partial charge is 0.408 e. The highest BCUT2D eigenvalue weighted by Gasteiger charge is 2.47. The summed E-state index contributed by atoms with van der Waals surface area (Å²) in [5.41, 5.74) is 4.20. The van der Waals surface area contributed by atoms with Crippen molar-refractivity contribution in [1.29, 1.82) is 0 Å². The number of imidazole rings is 1. The predicted octanol–water partition coefficient (Wildman–Crippen LogP) is 5.68. The van der Waals surface area contributed by atoms with Gasteiger partial charge in [0.25, 0.3) is 0 Å². The van der Waals surface area contributed by atoms with Gasteiger partial charge in [-0.05, 0) is 55.7 Å². The number of fused-ring (bicyclic) bond motifs is 2. The molecule has 0 unspecified atom stereocenters. The quantitative estimate of drug-likeness (QED) is 0.316. The van der Waals surface area contributed by atoms with Crippen LogP contribution in [0.25, 0.3) is 22.1 Å². The van der Waals surface area contributed by atoms with Crippen LogP contribution in [0.5, 0.6) is 11.5 Å². The van der Waals surface area contributed by atoms with Crippen LogP contribution in [0.1, 0.15) is 18.4 Å². The molecule has 9 nitrogen and oxygen atoms in total. The van der Waals surface area contributed by atoms with E-state index in [0.717, 1.165) is 16.6 Å². The molecular weight excluding hydrogens is 497 g/mol. The second-order valence-electron chi connectivity index (χ2n) is 9.23. The van der Waals surface area contributed by atoms with E-state index in [-0.39, 0.29) is 18.9 Å². The molecule has 0 spiro atoms. The number of benzene rings is 2. The number of hydrogen-bond acceptors (Lipinski definition) is 8. The topological polar surface area (TPSA) is 93.9 Å². The third-order valence-corrected chi connectivity index (χ3v) is 6.61. The Bertz CT molecular complexity index is 1650. The van der Waals surface area contributed by atoms with Crippen LogP contribution in [0.4, 0.5) is 30.6 Å². The van der Waals surface area contributed by atoms with Crippen molar-refractivity contribution in [2.45, 2.75) is 32.0 Å². The molecule has 1 atom stereocenters. The van der Waals surface area contributed by atoms with Gasteiger partial charge in [0.05, 0.1) is 23.6 Å². The van der Waals surface area contributed by atoms with Crippen molar-refractivity contribution < 1.29 is 17.9 Å². The average molecular weight is 521 g/mol. The maximum absolute atomic E-state index is 13.5. The number of nitrogens with one attached hydrogen (secondary N) is 1. The number of alkyl halides is 3. The minimum Gasteiger partial charge on any atom is -0.457 e. The Kier molecular flexibility index (Phi) is 5.73. The summed E-state index contributed by atoms with van der Waals surface area (Å²) in [6.45, 7) is 2.16. The van der Waals surface area contributed by atoms with Gasteiger partial charge >= 0.3 is 6.18 Å². The van der Waals surface area contributed by atoms with Gasteiger partial charge in [0.1, 0.15) is 34.9 Å². The second kappa shape index (κ2) is 9.12. The lowest BCUT2D eigenvalue weighted by Crippen LogP contribution is -2.42. The molecule has 0 amide bonds. The molecule has 38 heavy (non-hydrogen) atoms. The summed E-state index contributed by atoms with van der Waals surface area (Å²) in [6, 6.07) is 9.69. The van der Waals surface area contributed by atoms with E-state index in [9.17, 15) is 13.2 Å². The molecule has 0 bridgehead atoms. The standard InChI is InChI=1S/C26H23F3N8O/c1-15-10-16(5-8-21(15)38-17-6-7-20-18(11-17)33-14-36(20)2)34-24-23-19(31-13-32-24)12-30-25(35-23)37-9-3-4-22(37)26(27,28)29/h5-8,10-14,22H,3-4,9H2,1-2H3,(H,31,32,34)/t22-/m0/s1. The zero-order valence-corrected chi connectivity index (χ0v) is 20.6. The molecule has 194 valence electrons. The van der Waals surface area contributed by atoms with Gasteiger partial charge in [0.2, 0.25) is 5.95 Å². The molecule has 3 aromatic heterocycles. The summed E-state index contributed by atoms with van der Waals surface area (Å²) in [6.07, 6.45) is 0.631. The number of aromatic nitrogens is 6. The van der Waals surface area contributed by atoms with Crippen LogP contribution < -0.4 is 15.0 Å².